The van der Waals surface area contributed by atoms with Crippen molar-refractivity contribution in [1.29, 1.82) is 0 Å². The average Bonchev–Trinajstić information content (AvgIpc) is 2.83. The van der Waals surface area contributed by atoms with Crippen molar-refractivity contribution in [2.45, 2.75) is 12.5 Å². The van der Waals surface area contributed by atoms with Crippen molar-refractivity contribution in [2.75, 3.05) is 18.8 Å². The molecule has 110 valence electrons. The van der Waals surface area contributed by atoms with Gasteiger partial charge in [-0.3, -0.25) is 19.4 Å². The van der Waals surface area contributed by atoms with Crippen molar-refractivity contribution >= 4 is 28.7 Å². The Kier molecular flexibility index (Phi) is 3.87. The van der Waals surface area contributed by atoms with E-state index in [4.69, 9.17) is 0 Å². The summed E-state index contributed by atoms with van der Waals surface area (Å²) in [6.45, 7) is 0.713. The van der Waals surface area contributed by atoms with Gasteiger partial charge >= 0.3 is 0 Å². The molecule has 2 amide bonds. The molecule has 2 aliphatic rings. The molecule has 21 heavy (non-hydrogen) atoms. The van der Waals surface area contributed by atoms with Crippen molar-refractivity contribution in [1.82, 2.24) is 20.2 Å². The van der Waals surface area contributed by atoms with E-state index in [0.717, 1.165) is 5.75 Å². The number of carbonyl (C=O) groups is 3. The smallest absolute Gasteiger partial charge is 0.274 e. The number of thioether (sulfide) groups is 1. The summed E-state index contributed by atoms with van der Waals surface area (Å²) < 4.78 is 0. The highest BCUT2D eigenvalue weighted by molar-refractivity contribution is 8.14. The molecular formula is C13H14N4O3S. The molecule has 0 radical (unpaired) electrons. The van der Waals surface area contributed by atoms with E-state index in [1.54, 1.807) is 4.90 Å². The van der Waals surface area contributed by atoms with Crippen molar-refractivity contribution in [3.63, 3.8) is 0 Å². The fraction of sp³-hybridized carbons (Fsp3) is 0.462. The van der Waals surface area contributed by atoms with Crippen LogP contribution in [0.4, 0.5) is 0 Å². The molecule has 2 aliphatic heterocycles. The van der Waals surface area contributed by atoms with Gasteiger partial charge in [-0.2, -0.15) is 0 Å². The Hall–Kier alpha value is -1.96. The second-order valence-electron chi connectivity index (χ2n) is 5.02. The molecule has 7 nitrogen and oxygen atoms in total. The summed E-state index contributed by atoms with van der Waals surface area (Å²) in [6, 6.07) is -0.368. The minimum absolute atomic E-state index is 0.0233. The van der Waals surface area contributed by atoms with Gasteiger partial charge < -0.3 is 10.2 Å². The van der Waals surface area contributed by atoms with E-state index in [0.29, 0.717) is 19.5 Å². The Labute approximate surface area is 125 Å². The highest BCUT2D eigenvalue weighted by Crippen LogP contribution is 2.22. The molecule has 0 aliphatic carbocycles. The molecule has 2 fully saturated rings. The first-order valence-electron chi connectivity index (χ1n) is 6.67. The van der Waals surface area contributed by atoms with Crippen LogP contribution in [0.25, 0.3) is 0 Å². The van der Waals surface area contributed by atoms with E-state index >= 15 is 0 Å². The Balaban J connectivity index is 1.50. The number of aromatic nitrogens is 2. The van der Waals surface area contributed by atoms with Crippen LogP contribution in [0.1, 0.15) is 16.9 Å². The Morgan fingerprint density at radius 1 is 1.33 bits per heavy atom. The molecule has 0 spiro atoms. The number of nitrogens with zero attached hydrogens (tertiary/aromatic N) is 3. The lowest BCUT2D eigenvalue weighted by molar-refractivity contribution is -0.131. The van der Waals surface area contributed by atoms with Crippen LogP contribution < -0.4 is 5.32 Å². The standard InChI is InChI=1S/C13H14N4O3S/c18-11(16-9-1-4-21-13(9)20)8-6-17(7-8)12(19)10-5-14-2-3-15-10/h2-3,5,8-9H,1,4,6-7H2,(H,16,18)/t9-/m1/s1. The largest absolute Gasteiger partial charge is 0.345 e. The molecule has 8 heteroatoms. The van der Waals surface area contributed by atoms with Crippen LogP contribution in [-0.4, -0.2) is 56.7 Å². The zero-order valence-electron chi connectivity index (χ0n) is 11.2. The molecular weight excluding hydrogens is 292 g/mol. The van der Waals surface area contributed by atoms with E-state index in [1.807, 2.05) is 0 Å². The van der Waals surface area contributed by atoms with Crippen LogP contribution in [-0.2, 0) is 9.59 Å². The van der Waals surface area contributed by atoms with Crippen molar-refractivity contribution in [3.05, 3.63) is 24.3 Å². The van der Waals surface area contributed by atoms with Crippen molar-refractivity contribution in [2.24, 2.45) is 5.92 Å². The molecule has 1 N–H and O–H groups in total. The lowest BCUT2D eigenvalue weighted by atomic mass is 9.98. The predicted octanol–water partition coefficient (Wildman–Crippen LogP) is -0.303. The summed E-state index contributed by atoms with van der Waals surface area (Å²) in [7, 11) is 0. The third-order valence-electron chi connectivity index (χ3n) is 3.57. The van der Waals surface area contributed by atoms with Crippen LogP contribution in [0.15, 0.2) is 18.6 Å². The molecule has 1 aromatic heterocycles. The number of hydrogen-bond acceptors (Lipinski definition) is 6. The highest BCUT2D eigenvalue weighted by Gasteiger charge is 2.38. The molecule has 1 aromatic rings. The molecule has 0 saturated carbocycles. The first-order valence-corrected chi connectivity index (χ1v) is 7.66. The SMILES string of the molecule is O=C(N[C@@H]1CCSC1=O)C1CN(C(=O)c2cnccn2)C1. The molecule has 0 unspecified atom stereocenters. The van der Waals surface area contributed by atoms with Gasteiger partial charge in [0.05, 0.1) is 18.2 Å². The lowest BCUT2D eigenvalue weighted by Gasteiger charge is -2.38. The molecule has 0 bridgehead atoms. The second kappa shape index (κ2) is 5.80. The maximum atomic E-state index is 12.0. The monoisotopic (exact) mass is 306 g/mol. The molecule has 3 rings (SSSR count). The zero-order chi connectivity index (χ0) is 14.8. The maximum absolute atomic E-state index is 12.0. The number of carbonyl (C=O) groups excluding carboxylic acids is 3. The Bertz CT molecular complexity index is 574. The van der Waals surface area contributed by atoms with Gasteiger partial charge in [0, 0.05) is 31.2 Å². The van der Waals surface area contributed by atoms with E-state index in [1.165, 1.54) is 30.4 Å². The van der Waals surface area contributed by atoms with Gasteiger partial charge in [0.25, 0.3) is 5.91 Å². The number of rotatable bonds is 3. The third kappa shape index (κ3) is 2.90. The fourth-order valence-corrected chi connectivity index (χ4v) is 3.23. The topological polar surface area (TPSA) is 92.3 Å². The summed E-state index contributed by atoms with van der Waals surface area (Å²) in [5.41, 5.74) is 0.277. The number of likely N-dealkylation sites (tertiary alicyclic amines) is 1. The summed E-state index contributed by atoms with van der Waals surface area (Å²) in [5.74, 6) is 0.133. The third-order valence-corrected chi connectivity index (χ3v) is 4.58. The summed E-state index contributed by atoms with van der Waals surface area (Å²) >= 11 is 1.25. The fourth-order valence-electron chi connectivity index (χ4n) is 2.30. The van der Waals surface area contributed by atoms with E-state index in [2.05, 4.69) is 15.3 Å². The summed E-state index contributed by atoms with van der Waals surface area (Å²) in [5, 5.41) is 2.78. The van der Waals surface area contributed by atoms with Crippen molar-refractivity contribution < 1.29 is 14.4 Å². The Morgan fingerprint density at radius 3 is 2.76 bits per heavy atom. The summed E-state index contributed by atoms with van der Waals surface area (Å²) in [4.78, 5) is 44.8. The zero-order valence-corrected chi connectivity index (χ0v) is 12.0. The highest BCUT2D eigenvalue weighted by atomic mass is 32.2. The van der Waals surface area contributed by atoms with E-state index < -0.39 is 0 Å². The van der Waals surface area contributed by atoms with Crippen LogP contribution in [0.5, 0.6) is 0 Å². The van der Waals surface area contributed by atoms with E-state index in [-0.39, 0.29) is 34.6 Å². The predicted molar refractivity (Wildman–Crippen MR) is 75.4 cm³/mol. The number of hydrogen-bond donors (Lipinski definition) is 1. The van der Waals surface area contributed by atoms with Crippen LogP contribution in [0.3, 0.4) is 0 Å². The van der Waals surface area contributed by atoms with Gasteiger partial charge in [-0.05, 0) is 6.42 Å². The van der Waals surface area contributed by atoms with Gasteiger partial charge in [0.15, 0.2) is 0 Å². The van der Waals surface area contributed by atoms with Crippen LogP contribution in [0.2, 0.25) is 0 Å². The van der Waals surface area contributed by atoms with Gasteiger partial charge in [0.1, 0.15) is 5.69 Å². The average molecular weight is 306 g/mol. The molecule has 1 atom stereocenters. The molecule has 3 heterocycles. The normalized spacial score (nSPS) is 22.0. The van der Waals surface area contributed by atoms with Crippen LogP contribution in [0, 0.1) is 5.92 Å². The quantitative estimate of drug-likeness (QED) is 0.824. The number of nitrogens with one attached hydrogen (secondary N) is 1. The van der Waals surface area contributed by atoms with Crippen LogP contribution >= 0.6 is 11.8 Å². The Morgan fingerprint density at radius 2 is 2.14 bits per heavy atom. The van der Waals surface area contributed by atoms with Crippen molar-refractivity contribution in [3.8, 4) is 0 Å². The first-order chi connectivity index (χ1) is 10.1. The molecule has 2 saturated heterocycles. The second-order valence-corrected chi connectivity index (χ2v) is 6.11. The first kappa shape index (κ1) is 14.0. The number of amides is 2. The minimum atomic E-state index is -0.368. The molecule has 0 aromatic carbocycles. The summed E-state index contributed by atoms with van der Waals surface area (Å²) in [6.07, 6.45) is 5.05. The van der Waals surface area contributed by atoms with Gasteiger partial charge in [-0.25, -0.2) is 4.98 Å². The van der Waals surface area contributed by atoms with Gasteiger partial charge in [-0.1, -0.05) is 11.8 Å². The van der Waals surface area contributed by atoms with E-state index in [9.17, 15) is 14.4 Å². The maximum Gasteiger partial charge on any atom is 0.274 e. The van der Waals surface area contributed by atoms with Gasteiger partial charge in [-0.15, -0.1) is 0 Å². The minimum Gasteiger partial charge on any atom is -0.345 e. The lowest BCUT2D eigenvalue weighted by Crippen LogP contribution is -2.57. The van der Waals surface area contributed by atoms with Gasteiger partial charge in [0.2, 0.25) is 11.0 Å².